The molecule has 1 heterocycles. The molecule has 0 spiro atoms. The number of amides is 2. The number of hydrogen-bond donors (Lipinski definition) is 1. The molecule has 0 aromatic heterocycles. The molecule has 5 heteroatoms. The van der Waals surface area contributed by atoms with Gasteiger partial charge in [0.25, 0.3) is 5.91 Å². The minimum Gasteiger partial charge on any atom is -0.398 e. The van der Waals surface area contributed by atoms with E-state index in [0.717, 1.165) is 6.42 Å². The number of fused-ring (bicyclic) bond motifs is 1. The third-order valence-electron chi connectivity index (χ3n) is 3.13. The van der Waals surface area contributed by atoms with Gasteiger partial charge >= 0.3 is 0 Å². The zero-order valence-electron chi connectivity index (χ0n) is 10.6. The molecule has 1 aromatic carbocycles. The van der Waals surface area contributed by atoms with Crippen LogP contribution in [0, 0.1) is 0 Å². The Labute approximate surface area is 106 Å². The van der Waals surface area contributed by atoms with Crippen LogP contribution in [0.3, 0.4) is 0 Å². The number of likely N-dealkylation sites (N-methyl/N-ethyl adjacent to an activating group) is 1. The molecule has 0 bridgehead atoms. The standard InChI is InChI=1S/C13H17N3O2/c1-3-7-16-8-11(17)15(2)10-6-4-5-9(14)12(10)13(16)18/h4-6H,3,7-8,14H2,1-2H3. The fourth-order valence-corrected chi connectivity index (χ4v) is 2.15. The molecule has 2 rings (SSSR count). The number of hydrogen-bond acceptors (Lipinski definition) is 3. The van der Waals surface area contributed by atoms with Crippen LogP contribution >= 0.6 is 0 Å². The fraction of sp³-hybridized carbons (Fsp3) is 0.385. The van der Waals surface area contributed by atoms with Crippen molar-refractivity contribution in [3.63, 3.8) is 0 Å². The van der Waals surface area contributed by atoms with E-state index >= 15 is 0 Å². The Hall–Kier alpha value is -2.04. The molecule has 1 aliphatic rings. The maximum absolute atomic E-state index is 12.4. The summed E-state index contributed by atoms with van der Waals surface area (Å²) in [6, 6.07) is 5.18. The number of rotatable bonds is 2. The van der Waals surface area contributed by atoms with E-state index in [2.05, 4.69) is 0 Å². The van der Waals surface area contributed by atoms with Crippen molar-refractivity contribution in [2.75, 3.05) is 30.8 Å². The first-order valence-electron chi connectivity index (χ1n) is 6.00. The smallest absolute Gasteiger partial charge is 0.258 e. The minimum atomic E-state index is -0.164. The summed E-state index contributed by atoms with van der Waals surface area (Å²) in [4.78, 5) is 27.5. The van der Waals surface area contributed by atoms with Crippen LogP contribution in [0.1, 0.15) is 23.7 Å². The Kier molecular flexibility index (Phi) is 3.23. The van der Waals surface area contributed by atoms with Crippen LogP contribution in [-0.2, 0) is 4.79 Å². The lowest BCUT2D eigenvalue weighted by atomic mass is 10.1. The van der Waals surface area contributed by atoms with Gasteiger partial charge in [-0.3, -0.25) is 9.59 Å². The number of nitrogen functional groups attached to an aromatic ring is 1. The molecule has 18 heavy (non-hydrogen) atoms. The molecule has 0 unspecified atom stereocenters. The van der Waals surface area contributed by atoms with Crippen molar-refractivity contribution < 1.29 is 9.59 Å². The van der Waals surface area contributed by atoms with Gasteiger partial charge in [0.05, 0.1) is 11.3 Å². The quantitative estimate of drug-likeness (QED) is 0.796. The molecular weight excluding hydrogens is 230 g/mol. The first kappa shape index (κ1) is 12.4. The largest absolute Gasteiger partial charge is 0.398 e. The summed E-state index contributed by atoms with van der Waals surface area (Å²) in [5.41, 5.74) is 7.32. The third-order valence-corrected chi connectivity index (χ3v) is 3.13. The number of nitrogens with zero attached hydrogens (tertiary/aromatic N) is 2. The maximum atomic E-state index is 12.4. The number of carbonyl (C=O) groups is 2. The minimum absolute atomic E-state index is 0.0962. The molecule has 5 nitrogen and oxygen atoms in total. The summed E-state index contributed by atoms with van der Waals surface area (Å²) in [6.07, 6.45) is 0.810. The lowest BCUT2D eigenvalue weighted by molar-refractivity contribution is -0.118. The van der Waals surface area contributed by atoms with Gasteiger partial charge in [-0.05, 0) is 18.6 Å². The van der Waals surface area contributed by atoms with Gasteiger partial charge in [0, 0.05) is 19.3 Å². The first-order chi connectivity index (χ1) is 8.56. The van der Waals surface area contributed by atoms with Crippen LogP contribution in [0.15, 0.2) is 18.2 Å². The van der Waals surface area contributed by atoms with Gasteiger partial charge in [-0.25, -0.2) is 0 Å². The van der Waals surface area contributed by atoms with Crippen molar-refractivity contribution in [2.24, 2.45) is 0 Å². The van der Waals surface area contributed by atoms with Crippen molar-refractivity contribution in [3.05, 3.63) is 23.8 Å². The Morgan fingerprint density at radius 1 is 1.33 bits per heavy atom. The van der Waals surface area contributed by atoms with Crippen LogP contribution in [0.4, 0.5) is 11.4 Å². The van der Waals surface area contributed by atoms with Crippen LogP contribution in [0.5, 0.6) is 0 Å². The SMILES string of the molecule is CCCN1CC(=O)N(C)c2cccc(N)c2C1=O. The first-order valence-corrected chi connectivity index (χ1v) is 6.00. The summed E-state index contributed by atoms with van der Waals surface area (Å²) in [5, 5.41) is 0. The molecule has 0 aliphatic carbocycles. The second kappa shape index (κ2) is 4.68. The Morgan fingerprint density at radius 3 is 2.72 bits per heavy atom. The molecule has 1 aliphatic heterocycles. The van der Waals surface area contributed by atoms with Gasteiger partial charge in [-0.1, -0.05) is 13.0 Å². The zero-order chi connectivity index (χ0) is 13.3. The van der Waals surface area contributed by atoms with Gasteiger partial charge in [-0.15, -0.1) is 0 Å². The van der Waals surface area contributed by atoms with Crippen LogP contribution < -0.4 is 10.6 Å². The zero-order valence-corrected chi connectivity index (χ0v) is 10.6. The predicted octanol–water partition coefficient (Wildman–Crippen LogP) is 1.10. The summed E-state index contributed by atoms with van der Waals surface area (Å²) in [7, 11) is 1.67. The Morgan fingerprint density at radius 2 is 2.06 bits per heavy atom. The maximum Gasteiger partial charge on any atom is 0.258 e. The highest BCUT2D eigenvalue weighted by molar-refractivity contribution is 6.12. The Bertz CT molecular complexity index is 499. The molecular formula is C13H17N3O2. The van der Waals surface area contributed by atoms with Crippen molar-refractivity contribution >= 4 is 23.2 Å². The van der Waals surface area contributed by atoms with E-state index in [0.29, 0.717) is 23.5 Å². The highest BCUT2D eigenvalue weighted by Gasteiger charge is 2.30. The lowest BCUT2D eigenvalue weighted by Gasteiger charge is -2.19. The summed E-state index contributed by atoms with van der Waals surface area (Å²) >= 11 is 0. The monoisotopic (exact) mass is 247 g/mol. The van der Waals surface area contributed by atoms with Crippen molar-refractivity contribution in [1.29, 1.82) is 0 Å². The van der Waals surface area contributed by atoms with Crippen LogP contribution in [0.25, 0.3) is 0 Å². The molecule has 0 radical (unpaired) electrons. The van der Waals surface area contributed by atoms with E-state index in [-0.39, 0.29) is 18.4 Å². The van der Waals surface area contributed by atoms with Crippen LogP contribution in [0.2, 0.25) is 0 Å². The number of benzene rings is 1. The molecule has 0 saturated heterocycles. The molecule has 2 amide bonds. The van der Waals surface area contributed by atoms with E-state index in [9.17, 15) is 9.59 Å². The molecule has 0 atom stereocenters. The third kappa shape index (κ3) is 1.92. The molecule has 0 fully saturated rings. The molecule has 1 aromatic rings. The van der Waals surface area contributed by atoms with Gasteiger partial charge in [-0.2, -0.15) is 0 Å². The number of anilines is 2. The van der Waals surface area contributed by atoms with E-state index in [1.165, 1.54) is 4.90 Å². The average Bonchev–Trinajstić information content (AvgIpc) is 2.43. The molecule has 0 saturated carbocycles. The van der Waals surface area contributed by atoms with Crippen molar-refractivity contribution in [1.82, 2.24) is 4.90 Å². The fourth-order valence-electron chi connectivity index (χ4n) is 2.15. The van der Waals surface area contributed by atoms with E-state index < -0.39 is 0 Å². The summed E-state index contributed by atoms with van der Waals surface area (Å²) < 4.78 is 0. The van der Waals surface area contributed by atoms with Gasteiger partial charge in [0.1, 0.15) is 6.54 Å². The van der Waals surface area contributed by atoms with Crippen molar-refractivity contribution in [3.8, 4) is 0 Å². The highest BCUT2D eigenvalue weighted by Crippen LogP contribution is 2.29. The summed E-state index contributed by atoms with van der Waals surface area (Å²) in [5.74, 6) is -0.260. The van der Waals surface area contributed by atoms with E-state index in [4.69, 9.17) is 5.73 Å². The lowest BCUT2D eigenvalue weighted by Crippen LogP contribution is -2.38. The van der Waals surface area contributed by atoms with Crippen molar-refractivity contribution in [2.45, 2.75) is 13.3 Å². The second-order valence-corrected chi connectivity index (χ2v) is 4.42. The highest BCUT2D eigenvalue weighted by atomic mass is 16.2. The average molecular weight is 247 g/mol. The van der Waals surface area contributed by atoms with Gasteiger partial charge < -0.3 is 15.5 Å². The number of carbonyl (C=O) groups excluding carboxylic acids is 2. The Balaban J connectivity index is 2.55. The summed E-state index contributed by atoms with van der Waals surface area (Å²) in [6.45, 7) is 2.64. The second-order valence-electron chi connectivity index (χ2n) is 4.42. The van der Waals surface area contributed by atoms with E-state index in [1.807, 2.05) is 6.92 Å². The molecule has 2 N–H and O–H groups in total. The topological polar surface area (TPSA) is 66.6 Å². The number of nitrogens with two attached hydrogens (primary N) is 1. The van der Waals surface area contributed by atoms with Crippen LogP contribution in [-0.4, -0.2) is 36.9 Å². The molecule has 96 valence electrons. The van der Waals surface area contributed by atoms with Gasteiger partial charge in [0.15, 0.2) is 0 Å². The van der Waals surface area contributed by atoms with E-state index in [1.54, 1.807) is 30.1 Å². The van der Waals surface area contributed by atoms with Gasteiger partial charge in [0.2, 0.25) is 5.91 Å². The normalized spacial score (nSPS) is 15.7. The predicted molar refractivity (Wildman–Crippen MR) is 70.5 cm³/mol.